The molecule has 6 nitrogen and oxygen atoms in total. The third kappa shape index (κ3) is 3.30. The van der Waals surface area contributed by atoms with Gasteiger partial charge in [-0.05, 0) is 25.5 Å². The number of hydrogen-bond donors (Lipinski definition) is 2. The summed E-state index contributed by atoms with van der Waals surface area (Å²) in [5, 5.41) is 9.94. The summed E-state index contributed by atoms with van der Waals surface area (Å²) < 4.78 is 5.06. The van der Waals surface area contributed by atoms with Gasteiger partial charge in [-0.15, -0.1) is 0 Å². The fourth-order valence-electron chi connectivity index (χ4n) is 2.20. The number of aromatic amines is 1. The van der Waals surface area contributed by atoms with Crippen LogP contribution in [-0.4, -0.2) is 60.4 Å². The minimum atomic E-state index is -0.0155. The monoisotopic (exact) mass is 252 g/mol. The van der Waals surface area contributed by atoms with Crippen LogP contribution in [0, 0.1) is 0 Å². The second-order valence-corrected chi connectivity index (χ2v) is 4.51. The van der Waals surface area contributed by atoms with Crippen LogP contribution in [0.4, 0.5) is 0 Å². The summed E-state index contributed by atoms with van der Waals surface area (Å²) in [5.41, 5.74) is 0.532. The van der Waals surface area contributed by atoms with Gasteiger partial charge in [-0.2, -0.15) is 5.10 Å². The van der Waals surface area contributed by atoms with Gasteiger partial charge >= 0.3 is 0 Å². The van der Waals surface area contributed by atoms with Crippen LogP contribution >= 0.6 is 0 Å². The number of methoxy groups -OCH3 is 1. The average molecular weight is 252 g/mol. The molecule has 1 atom stereocenters. The highest BCUT2D eigenvalue weighted by atomic mass is 16.5. The zero-order chi connectivity index (χ0) is 12.8. The van der Waals surface area contributed by atoms with Crippen LogP contribution in [0.15, 0.2) is 12.3 Å². The molecule has 1 unspecified atom stereocenters. The molecule has 100 valence electrons. The molecular weight excluding hydrogens is 232 g/mol. The van der Waals surface area contributed by atoms with E-state index in [1.165, 1.54) is 6.42 Å². The number of aromatic nitrogens is 2. The number of amides is 1. The van der Waals surface area contributed by atoms with E-state index in [-0.39, 0.29) is 5.91 Å². The molecular formula is C12H20N4O2. The molecule has 1 aromatic rings. The maximum absolute atomic E-state index is 12.3. The molecule has 1 aromatic heterocycles. The zero-order valence-electron chi connectivity index (χ0n) is 10.7. The fraction of sp³-hybridized carbons (Fsp3) is 0.667. The van der Waals surface area contributed by atoms with Crippen LogP contribution in [0.1, 0.15) is 23.3 Å². The van der Waals surface area contributed by atoms with Crippen molar-refractivity contribution in [1.82, 2.24) is 20.4 Å². The number of hydrogen-bond acceptors (Lipinski definition) is 4. The minimum Gasteiger partial charge on any atom is -0.383 e. The molecule has 1 aliphatic heterocycles. The molecule has 2 rings (SSSR count). The van der Waals surface area contributed by atoms with E-state index in [0.29, 0.717) is 24.9 Å². The molecule has 1 aliphatic rings. The maximum atomic E-state index is 12.3. The largest absolute Gasteiger partial charge is 0.383 e. The van der Waals surface area contributed by atoms with E-state index < -0.39 is 0 Å². The Kier molecular flexibility index (Phi) is 4.72. The van der Waals surface area contributed by atoms with E-state index in [4.69, 9.17) is 4.74 Å². The Labute approximate surface area is 107 Å². The Bertz CT molecular complexity index is 360. The van der Waals surface area contributed by atoms with Crippen molar-refractivity contribution in [3.63, 3.8) is 0 Å². The SMILES string of the molecule is COCCN(CC1CCCN1)C(=O)c1ccn[nH]1. The van der Waals surface area contributed by atoms with Gasteiger partial charge in [0.2, 0.25) is 0 Å². The van der Waals surface area contributed by atoms with Crippen molar-refractivity contribution in [1.29, 1.82) is 0 Å². The first-order valence-electron chi connectivity index (χ1n) is 6.32. The van der Waals surface area contributed by atoms with Crippen molar-refractivity contribution in [3.8, 4) is 0 Å². The van der Waals surface area contributed by atoms with E-state index in [2.05, 4.69) is 15.5 Å². The normalized spacial score (nSPS) is 19.1. The van der Waals surface area contributed by atoms with Gasteiger partial charge in [0.15, 0.2) is 0 Å². The van der Waals surface area contributed by atoms with Gasteiger partial charge in [0.1, 0.15) is 5.69 Å². The van der Waals surface area contributed by atoms with E-state index in [0.717, 1.165) is 19.5 Å². The van der Waals surface area contributed by atoms with Crippen LogP contribution in [0.2, 0.25) is 0 Å². The van der Waals surface area contributed by atoms with E-state index >= 15 is 0 Å². The third-order valence-corrected chi connectivity index (χ3v) is 3.19. The van der Waals surface area contributed by atoms with Crippen LogP contribution in [0.5, 0.6) is 0 Å². The first-order chi connectivity index (χ1) is 8.81. The van der Waals surface area contributed by atoms with Crippen LogP contribution < -0.4 is 5.32 Å². The van der Waals surface area contributed by atoms with E-state index in [9.17, 15) is 4.79 Å². The summed E-state index contributed by atoms with van der Waals surface area (Å²) in [5.74, 6) is -0.0155. The molecule has 0 aromatic carbocycles. The highest BCUT2D eigenvalue weighted by molar-refractivity contribution is 5.92. The number of nitrogens with one attached hydrogen (secondary N) is 2. The van der Waals surface area contributed by atoms with Gasteiger partial charge in [0, 0.05) is 32.4 Å². The predicted octanol–water partition coefficient (Wildman–Crippen LogP) is 0.250. The van der Waals surface area contributed by atoms with Gasteiger partial charge in [-0.25, -0.2) is 0 Å². The minimum absolute atomic E-state index is 0.0155. The van der Waals surface area contributed by atoms with Gasteiger partial charge in [-0.1, -0.05) is 0 Å². The van der Waals surface area contributed by atoms with Crippen molar-refractivity contribution in [3.05, 3.63) is 18.0 Å². The van der Waals surface area contributed by atoms with Crippen LogP contribution in [0.25, 0.3) is 0 Å². The van der Waals surface area contributed by atoms with E-state index in [1.807, 2.05) is 4.90 Å². The van der Waals surface area contributed by atoms with Gasteiger partial charge < -0.3 is 15.0 Å². The highest BCUT2D eigenvalue weighted by Crippen LogP contribution is 2.09. The first kappa shape index (κ1) is 13.0. The number of ether oxygens (including phenoxy) is 1. The molecule has 2 N–H and O–H groups in total. The second kappa shape index (κ2) is 6.51. The Morgan fingerprint density at radius 2 is 2.56 bits per heavy atom. The number of nitrogens with zero attached hydrogens (tertiary/aromatic N) is 2. The summed E-state index contributed by atoms with van der Waals surface area (Å²) in [4.78, 5) is 14.1. The third-order valence-electron chi connectivity index (χ3n) is 3.19. The van der Waals surface area contributed by atoms with Gasteiger partial charge in [-0.3, -0.25) is 9.89 Å². The maximum Gasteiger partial charge on any atom is 0.271 e. The Morgan fingerprint density at radius 3 is 3.17 bits per heavy atom. The number of rotatable bonds is 6. The highest BCUT2D eigenvalue weighted by Gasteiger charge is 2.22. The van der Waals surface area contributed by atoms with Crippen molar-refractivity contribution in [2.75, 3.05) is 33.4 Å². The molecule has 0 spiro atoms. The molecule has 2 heterocycles. The molecule has 0 aliphatic carbocycles. The summed E-state index contributed by atoms with van der Waals surface area (Å²) in [6, 6.07) is 2.10. The molecule has 0 radical (unpaired) electrons. The van der Waals surface area contributed by atoms with Gasteiger partial charge in [0.05, 0.1) is 6.61 Å². The molecule has 0 saturated carbocycles. The van der Waals surface area contributed by atoms with Crippen LogP contribution in [-0.2, 0) is 4.74 Å². The summed E-state index contributed by atoms with van der Waals surface area (Å²) in [7, 11) is 1.65. The topological polar surface area (TPSA) is 70.2 Å². The lowest BCUT2D eigenvalue weighted by molar-refractivity contribution is 0.0673. The van der Waals surface area contributed by atoms with E-state index in [1.54, 1.807) is 19.4 Å². The smallest absolute Gasteiger partial charge is 0.271 e. The van der Waals surface area contributed by atoms with Crippen LogP contribution in [0.3, 0.4) is 0 Å². The number of carbonyl (C=O) groups is 1. The second-order valence-electron chi connectivity index (χ2n) is 4.51. The Hall–Kier alpha value is -1.40. The summed E-state index contributed by atoms with van der Waals surface area (Å²) in [6.07, 6.45) is 3.90. The quantitative estimate of drug-likeness (QED) is 0.761. The average Bonchev–Trinajstić information content (AvgIpc) is 3.06. The van der Waals surface area contributed by atoms with Crippen molar-refractivity contribution in [2.24, 2.45) is 0 Å². The number of H-pyrrole nitrogens is 1. The molecule has 6 heteroatoms. The Morgan fingerprint density at radius 1 is 1.67 bits per heavy atom. The number of carbonyl (C=O) groups excluding carboxylic acids is 1. The lowest BCUT2D eigenvalue weighted by atomic mass is 10.2. The van der Waals surface area contributed by atoms with Crippen molar-refractivity contribution in [2.45, 2.75) is 18.9 Å². The fourth-order valence-corrected chi connectivity index (χ4v) is 2.20. The molecule has 0 bridgehead atoms. The summed E-state index contributed by atoms with van der Waals surface area (Å²) >= 11 is 0. The van der Waals surface area contributed by atoms with Crippen molar-refractivity contribution >= 4 is 5.91 Å². The Balaban J connectivity index is 1.96. The van der Waals surface area contributed by atoms with Gasteiger partial charge in [0.25, 0.3) is 5.91 Å². The molecule has 18 heavy (non-hydrogen) atoms. The molecule has 1 amide bonds. The molecule has 1 saturated heterocycles. The predicted molar refractivity (Wildman–Crippen MR) is 67.4 cm³/mol. The summed E-state index contributed by atoms with van der Waals surface area (Å²) in [6.45, 7) is 2.92. The standard InChI is InChI=1S/C12H20N4O2/c1-18-8-7-16(9-10-3-2-5-13-10)12(17)11-4-6-14-15-11/h4,6,10,13H,2-3,5,7-9H2,1H3,(H,14,15). The molecule has 1 fully saturated rings. The lowest BCUT2D eigenvalue weighted by Crippen LogP contribution is -2.42. The first-order valence-corrected chi connectivity index (χ1v) is 6.32. The van der Waals surface area contributed by atoms with Crippen molar-refractivity contribution < 1.29 is 9.53 Å². The lowest BCUT2D eigenvalue weighted by Gasteiger charge is -2.25. The zero-order valence-corrected chi connectivity index (χ0v) is 10.7.